The summed E-state index contributed by atoms with van der Waals surface area (Å²) >= 11 is 0. The largest absolute Gasteiger partial charge is 0.360 e. The molecule has 0 bridgehead atoms. The maximum absolute atomic E-state index is 9.05. The van der Waals surface area contributed by atoms with E-state index in [9.17, 15) is 0 Å². The summed E-state index contributed by atoms with van der Waals surface area (Å²) in [6, 6.07) is 7.60. The van der Waals surface area contributed by atoms with E-state index in [4.69, 9.17) is 5.26 Å². The van der Waals surface area contributed by atoms with E-state index < -0.39 is 0 Å². The van der Waals surface area contributed by atoms with E-state index >= 15 is 0 Å². The molecule has 2 N–H and O–H groups in total. The van der Waals surface area contributed by atoms with Gasteiger partial charge in [0.2, 0.25) is 5.82 Å². The fourth-order valence-electron chi connectivity index (χ4n) is 1.71. The van der Waals surface area contributed by atoms with Crippen molar-refractivity contribution in [3.05, 3.63) is 30.2 Å². The Morgan fingerprint density at radius 1 is 1.45 bits per heavy atom. The van der Waals surface area contributed by atoms with Gasteiger partial charge in [-0.15, -0.1) is 15.3 Å². The van der Waals surface area contributed by atoms with Crippen molar-refractivity contribution in [1.82, 2.24) is 35.6 Å². The molecule has 3 aromatic rings. The molecular formula is C11H9N9. The van der Waals surface area contributed by atoms with Crippen molar-refractivity contribution in [3.63, 3.8) is 0 Å². The minimum Gasteiger partial charge on any atom is -0.360 e. The average molecular weight is 267 g/mol. The highest BCUT2D eigenvalue weighted by Gasteiger charge is 2.06. The SMILES string of the molecule is Cn1nnc2cc(NC=C(C#N)c3nn[nH]n3)ccc21. The molecule has 2 aromatic heterocycles. The van der Waals surface area contributed by atoms with Crippen molar-refractivity contribution in [1.29, 1.82) is 5.26 Å². The molecule has 0 atom stereocenters. The number of benzene rings is 1. The van der Waals surface area contributed by atoms with Gasteiger partial charge in [0.05, 0.1) is 5.52 Å². The Labute approximate surface area is 112 Å². The highest BCUT2D eigenvalue weighted by Crippen LogP contribution is 2.17. The number of hydrogen-bond acceptors (Lipinski definition) is 7. The van der Waals surface area contributed by atoms with Gasteiger partial charge >= 0.3 is 0 Å². The number of anilines is 1. The number of nitrogens with one attached hydrogen (secondary N) is 2. The second-order valence-electron chi connectivity index (χ2n) is 3.97. The molecule has 0 saturated heterocycles. The Hall–Kier alpha value is -3.28. The summed E-state index contributed by atoms with van der Waals surface area (Å²) in [7, 11) is 1.83. The van der Waals surface area contributed by atoms with Gasteiger partial charge in [-0.2, -0.15) is 10.5 Å². The first-order valence-electron chi connectivity index (χ1n) is 5.68. The van der Waals surface area contributed by atoms with Gasteiger partial charge < -0.3 is 5.32 Å². The number of H-pyrrole nitrogens is 1. The maximum Gasteiger partial charge on any atom is 0.216 e. The van der Waals surface area contributed by atoms with Gasteiger partial charge in [-0.25, -0.2) is 4.68 Å². The molecule has 0 radical (unpaired) electrons. The van der Waals surface area contributed by atoms with Crippen molar-refractivity contribution < 1.29 is 0 Å². The standard InChI is InChI=1S/C11H9N9/c1-20-10-3-2-8(4-9(10)14-19-20)13-6-7(5-12)11-15-17-18-16-11/h2-4,6,13H,1H3,(H,15,16,17,18). The zero-order chi connectivity index (χ0) is 13.9. The van der Waals surface area contributed by atoms with Crippen molar-refractivity contribution >= 4 is 22.3 Å². The van der Waals surface area contributed by atoms with Crippen molar-refractivity contribution in [2.45, 2.75) is 0 Å². The van der Waals surface area contributed by atoms with Crippen LogP contribution in [0.3, 0.4) is 0 Å². The first-order chi connectivity index (χ1) is 9.78. The molecule has 3 rings (SSSR count). The van der Waals surface area contributed by atoms with E-state index in [-0.39, 0.29) is 11.4 Å². The van der Waals surface area contributed by atoms with E-state index in [2.05, 4.69) is 36.3 Å². The molecule has 2 heterocycles. The van der Waals surface area contributed by atoms with Crippen LogP contribution in [0.25, 0.3) is 16.6 Å². The first kappa shape index (κ1) is 11.8. The van der Waals surface area contributed by atoms with E-state index in [0.29, 0.717) is 0 Å². The van der Waals surface area contributed by atoms with Gasteiger partial charge in [0.15, 0.2) is 0 Å². The first-order valence-corrected chi connectivity index (χ1v) is 5.68. The third-order valence-corrected chi connectivity index (χ3v) is 2.70. The molecule has 9 nitrogen and oxygen atoms in total. The molecule has 20 heavy (non-hydrogen) atoms. The Morgan fingerprint density at radius 3 is 3.10 bits per heavy atom. The van der Waals surface area contributed by atoms with Crippen molar-refractivity contribution in [2.75, 3.05) is 5.32 Å². The third kappa shape index (κ3) is 2.05. The van der Waals surface area contributed by atoms with E-state index in [1.165, 1.54) is 6.20 Å². The van der Waals surface area contributed by atoms with Gasteiger partial charge in [0.25, 0.3) is 0 Å². The lowest BCUT2D eigenvalue weighted by Gasteiger charge is -2.01. The number of hydrogen-bond donors (Lipinski definition) is 2. The summed E-state index contributed by atoms with van der Waals surface area (Å²) in [5, 5.41) is 33.2. The minimum atomic E-state index is 0.237. The molecule has 0 fully saturated rings. The Bertz CT molecular complexity index is 806. The number of aromatic nitrogens is 7. The molecule has 9 heteroatoms. The lowest BCUT2D eigenvalue weighted by molar-refractivity contribution is 0.736. The monoisotopic (exact) mass is 267 g/mol. The molecule has 0 aliphatic carbocycles. The van der Waals surface area contributed by atoms with Crippen LogP contribution in [0.15, 0.2) is 24.4 Å². The van der Waals surface area contributed by atoms with Gasteiger partial charge in [-0.05, 0) is 23.4 Å². The van der Waals surface area contributed by atoms with Crippen LogP contribution in [0.2, 0.25) is 0 Å². The smallest absolute Gasteiger partial charge is 0.216 e. The van der Waals surface area contributed by atoms with Crippen molar-refractivity contribution in [3.8, 4) is 6.07 Å². The predicted molar refractivity (Wildman–Crippen MR) is 69.9 cm³/mol. The number of allylic oxidation sites excluding steroid dienone is 1. The summed E-state index contributed by atoms with van der Waals surface area (Å²) in [4.78, 5) is 0. The maximum atomic E-state index is 9.05. The van der Waals surface area contributed by atoms with Crippen LogP contribution in [-0.2, 0) is 7.05 Å². The van der Waals surface area contributed by atoms with E-state index in [1.54, 1.807) is 4.68 Å². The minimum absolute atomic E-state index is 0.237. The summed E-state index contributed by atoms with van der Waals surface area (Å²) in [6.07, 6.45) is 1.52. The summed E-state index contributed by atoms with van der Waals surface area (Å²) in [5.74, 6) is 0.237. The molecule has 0 unspecified atom stereocenters. The zero-order valence-electron chi connectivity index (χ0n) is 10.4. The second kappa shape index (κ2) is 4.77. The van der Waals surface area contributed by atoms with E-state index in [1.807, 2.05) is 31.3 Å². The topological polar surface area (TPSA) is 121 Å². The van der Waals surface area contributed by atoms with E-state index in [0.717, 1.165) is 16.7 Å². The molecule has 1 aromatic carbocycles. The average Bonchev–Trinajstić information content (AvgIpc) is 3.10. The van der Waals surface area contributed by atoms with Gasteiger partial charge in [0.1, 0.15) is 17.2 Å². The Balaban J connectivity index is 1.87. The molecular weight excluding hydrogens is 258 g/mol. The van der Waals surface area contributed by atoms with Gasteiger partial charge in [-0.3, -0.25) is 0 Å². The summed E-state index contributed by atoms with van der Waals surface area (Å²) in [6.45, 7) is 0. The highest BCUT2D eigenvalue weighted by atomic mass is 15.5. The molecule has 0 saturated carbocycles. The van der Waals surface area contributed by atoms with Gasteiger partial charge in [0, 0.05) is 18.9 Å². The van der Waals surface area contributed by atoms with Crippen LogP contribution in [-0.4, -0.2) is 35.6 Å². The lowest BCUT2D eigenvalue weighted by Crippen LogP contribution is -1.93. The summed E-state index contributed by atoms with van der Waals surface area (Å²) < 4.78 is 1.69. The fourth-order valence-corrected chi connectivity index (χ4v) is 1.71. The quantitative estimate of drug-likeness (QED) is 0.661. The molecule has 98 valence electrons. The zero-order valence-corrected chi connectivity index (χ0v) is 10.4. The van der Waals surface area contributed by atoms with Crippen LogP contribution in [0.4, 0.5) is 5.69 Å². The number of aryl methyl sites for hydroxylation is 1. The Kier molecular flexibility index (Phi) is 2.81. The van der Waals surface area contributed by atoms with Crippen LogP contribution in [0, 0.1) is 11.3 Å². The van der Waals surface area contributed by atoms with Crippen LogP contribution >= 0.6 is 0 Å². The fraction of sp³-hybridized carbons (Fsp3) is 0.0909. The number of tetrazole rings is 1. The molecule has 0 aliphatic rings. The van der Waals surface area contributed by atoms with Crippen molar-refractivity contribution in [2.24, 2.45) is 7.05 Å². The van der Waals surface area contributed by atoms with Crippen LogP contribution in [0.1, 0.15) is 5.82 Å². The lowest BCUT2D eigenvalue weighted by atomic mass is 10.2. The number of nitriles is 1. The molecule has 0 amide bonds. The second-order valence-corrected chi connectivity index (χ2v) is 3.97. The number of rotatable bonds is 3. The third-order valence-electron chi connectivity index (χ3n) is 2.70. The number of aromatic amines is 1. The summed E-state index contributed by atoms with van der Waals surface area (Å²) in [5.41, 5.74) is 2.76. The molecule has 0 spiro atoms. The normalized spacial score (nSPS) is 11.5. The Morgan fingerprint density at radius 2 is 2.35 bits per heavy atom. The highest BCUT2D eigenvalue weighted by molar-refractivity contribution is 5.80. The van der Waals surface area contributed by atoms with Gasteiger partial charge in [-0.1, -0.05) is 5.21 Å². The number of nitrogens with zero attached hydrogens (tertiary/aromatic N) is 7. The molecule has 0 aliphatic heterocycles. The van der Waals surface area contributed by atoms with Crippen LogP contribution in [0.5, 0.6) is 0 Å². The predicted octanol–water partition coefficient (Wildman–Crippen LogP) is 0.458. The number of fused-ring (bicyclic) bond motifs is 1. The van der Waals surface area contributed by atoms with Crippen LogP contribution < -0.4 is 5.32 Å².